The lowest BCUT2D eigenvalue weighted by atomic mass is 9.86. The van der Waals surface area contributed by atoms with E-state index in [2.05, 4.69) is 4.98 Å². The number of fused-ring (bicyclic) bond motifs is 1. The van der Waals surface area contributed by atoms with Crippen molar-refractivity contribution in [2.24, 2.45) is 0 Å². The van der Waals surface area contributed by atoms with Crippen molar-refractivity contribution in [3.8, 4) is 0 Å². The minimum absolute atomic E-state index is 0.0202. The number of carbonyl (C=O) groups is 1. The summed E-state index contributed by atoms with van der Waals surface area (Å²) in [5.41, 5.74) is 2.71. The number of nitrogens with one attached hydrogen (secondary N) is 1. The molecule has 0 radical (unpaired) electrons. The van der Waals surface area contributed by atoms with Gasteiger partial charge in [-0.15, -0.1) is 0 Å². The predicted molar refractivity (Wildman–Crippen MR) is 108 cm³/mol. The lowest BCUT2D eigenvalue weighted by Gasteiger charge is -2.22. The Morgan fingerprint density at radius 1 is 1.21 bits per heavy atom. The largest absolute Gasteiger partial charge is 0.361 e. The Balaban J connectivity index is 1.82. The highest BCUT2D eigenvalue weighted by atomic mass is 19.1. The van der Waals surface area contributed by atoms with Crippen LogP contribution in [0.4, 0.5) is 10.1 Å². The fraction of sp³-hybridized carbons (Fsp3) is 0.318. The Morgan fingerprint density at radius 2 is 1.97 bits per heavy atom. The maximum atomic E-state index is 14.8. The van der Waals surface area contributed by atoms with Gasteiger partial charge in [-0.2, -0.15) is 0 Å². The molecule has 2 aromatic carbocycles. The molecule has 1 fully saturated rings. The highest BCUT2D eigenvalue weighted by Gasteiger charge is 2.28. The van der Waals surface area contributed by atoms with Crippen LogP contribution in [0.1, 0.15) is 41.9 Å². The summed E-state index contributed by atoms with van der Waals surface area (Å²) in [5.74, 6) is -0.929. The van der Waals surface area contributed by atoms with Crippen LogP contribution in [0, 0.1) is 22.9 Å². The lowest BCUT2D eigenvalue weighted by molar-refractivity contribution is -0.384. The van der Waals surface area contributed by atoms with Gasteiger partial charge in [0.1, 0.15) is 5.82 Å². The van der Waals surface area contributed by atoms with Crippen molar-refractivity contribution in [1.29, 1.82) is 0 Å². The minimum atomic E-state index is -0.529. The number of non-ortho nitro benzene ring substituents is 1. The standard InChI is InChI=1S/C22H22FN3O3/c1-14-4-6-20(23)17(10-14)16(12-22(27)25-8-2-3-9-25)19-13-24-21-7-5-15(26(28)29)11-18(19)21/h4-7,10-11,13,16,24H,2-3,8-9,12H2,1H3/t16-/m0/s1. The van der Waals surface area contributed by atoms with Crippen LogP contribution in [0.3, 0.4) is 0 Å². The zero-order chi connectivity index (χ0) is 20.5. The van der Waals surface area contributed by atoms with Crippen LogP contribution < -0.4 is 0 Å². The predicted octanol–water partition coefficient (Wildman–Crippen LogP) is 4.67. The third-order valence-electron chi connectivity index (χ3n) is 5.65. The first-order valence-corrected chi connectivity index (χ1v) is 9.73. The van der Waals surface area contributed by atoms with Crippen LogP contribution in [0.15, 0.2) is 42.6 Å². The number of hydrogen-bond donors (Lipinski definition) is 1. The van der Waals surface area contributed by atoms with Gasteiger partial charge in [-0.1, -0.05) is 17.7 Å². The molecule has 7 heteroatoms. The van der Waals surface area contributed by atoms with E-state index in [0.717, 1.165) is 37.0 Å². The molecule has 6 nitrogen and oxygen atoms in total. The van der Waals surface area contributed by atoms with E-state index in [-0.39, 0.29) is 23.8 Å². The van der Waals surface area contributed by atoms with Gasteiger partial charge in [0.05, 0.1) is 4.92 Å². The highest BCUT2D eigenvalue weighted by molar-refractivity contribution is 5.87. The number of aromatic nitrogens is 1. The van der Waals surface area contributed by atoms with Gasteiger partial charge in [0.2, 0.25) is 5.91 Å². The molecular weight excluding hydrogens is 373 g/mol. The molecular formula is C22H22FN3O3. The molecule has 3 aromatic rings. The molecule has 1 atom stereocenters. The molecule has 150 valence electrons. The van der Waals surface area contributed by atoms with E-state index in [1.54, 1.807) is 24.4 Å². The summed E-state index contributed by atoms with van der Waals surface area (Å²) in [6, 6.07) is 9.42. The molecule has 0 unspecified atom stereocenters. The molecule has 4 rings (SSSR count). The molecule has 2 heterocycles. The Morgan fingerprint density at radius 3 is 2.69 bits per heavy atom. The van der Waals surface area contributed by atoms with Gasteiger partial charge in [-0.05, 0) is 43.0 Å². The molecule has 29 heavy (non-hydrogen) atoms. The summed E-state index contributed by atoms with van der Waals surface area (Å²) < 4.78 is 14.8. The van der Waals surface area contributed by atoms with Crippen LogP contribution in [0.25, 0.3) is 10.9 Å². The summed E-state index contributed by atoms with van der Waals surface area (Å²) in [7, 11) is 0. The molecule has 1 aliphatic heterocycles. The number of nitrogens with zero attached hydrogens (tertiary/aromatic N) is 2. The summed E-state index contributed by atoms with van der Waals surface area (Å²) in [6.07, 6.45) is 3.82. The highest BCUT2D eigenvalue weighted by Crippen LogP contribution is 2.37. The van der Waals surface area contributed by atoms with Gasteiger partial charge in [0, 0.05) is 54.7 Å². The van der Waals surface area contributed by atoms with Gasteiger partial charge in [-0.3, -0.25) is 14.9 Å². The van der Waals surface area contributed by atoms with Crippen LogP contribution in [-0.4, -0.2) is 33.8 Å². The van der Waals surface area contributed by atoms with Crippen molar-refractivity contribution in [1.82, 2.24) is 9.88 Å². The summed E-state index contributed by atoms with van der Waals surface area (Å²) in [4.78, 5) is 28.6. The number of H-pyrrole nitrogens is 1. The van der Waals surface area contributed by atoms with E-state index >= 15 is 0 Å². The molecule has 1 amide bonds. The number of likely N-dealkylation sites (tertiary alicyclic amines) is 1. The Labute approximate surface area is 167 Å². The second-order valence-electron chi connectivity index (χ2n) is 7.60. The fourth-order valence-electron chi connectivity index (χ4n) is 4.12. The van der Waals surface area contributed by atoms with E-state index in [9.17, 15) is 19.3 Å². The number of hydrogen-bond acceptors (Lipinski definition) is 3. The molecule has 1 saturated heterocycles. The zero-order valence-corrected chi connectivity index (χ0v) is 16.2. The number of carbonyl (C=O) groups excluding carboxylic acids is 1. The molecule has 0 bridgehead atoms. The Bertz CT molecular complexity index is 1090. The Hall–Kier alpha value is -3.22. The number of benzene rings is 2. The first-order chi connectivity index (χ1) is 13.9. The minimum Gasteiger partial charge on any atom is -0.361 e. The average molecular weight is 395 g/mol. The maximum absolute atomic E-state index is 14.8. The summed E-state index contributed by atoms with van der Waals surface area (Å²) >= 11 is 0. The van der Waals surface area contributed by atoms with E-state index in [1.165, 1.54) is 18.2 Å². The van der Waals surface area contributed by atoms with Crippen LogP contribution in [-0.2, 0) is 4.79 Å². The molecule has 1 N–H and O–H groups in total. The van der Waals surface area contributed by atoms with E-state index in [1.807, 2.05) is 11.8 Å². The summed E-state index contributed by atoms with van der Waals surface area (Å²) in [5, 5.41) is 11.9. The van der Waals surface area contributed by atoms with Crippen LogP contribution in [0.2, 0.25) is 0 Å². The monoisotopic (exact) mass is 395 g/mol. The van der Waals surface area contributed by atoms with Crippen molar-refractivity contribution in [2.45, 2.75) is 32.1 Å². The first-order valence-electron chi connectivity index (χ1n) is 9.73. The second-order valence-corrected chi connectivity index (χ2v) is 7.60. The number of aromatic amines is 1. The third kappa shape index (κ3) is 3.72. The van der Waals surface area contributed by atoms with Gasteiger partial charge >= 0.3 is 0 Å². The number of nitro benzene ring substituents is 1. The van der Waals surface area contributed by atoms with E-state index in [0.29, 0.717) is 16.5 Å². The van der Waals surface area contributed by atoms with Crippen molar-refractivity contribution < 1.29 is 14.1 Å². The zero-order valence-electron chi connectivity index (χ0n) is 16.2. The number of nitro groups is 1. The van der Waals surface area contributed by atoms with Crippen molar-refractivity contribution >= 4 is 22.5 Å². The first kappa shape index (κ1) is 19.1. The van der Waals surface area contributed by atoms with Crippen LogP contribution >= 0.6 is 0 Å². The van der Waals surface area contributed by atoms with Crippen molar-refractivity contribution in [2.75, 3.05) is 13.1 Å². The maximum Gasteiger partial charge on any atom is 0.270 e. The second kappa shape index (κ2) is 7.66. The van der Waals surface area contributed by atoms with Gasteiger partial charge in [-0.25, -0.2) is 4.39 Å². The lowest BCUT2D eigenvalue weighted by Crippen LogP contribution is -2.29. The molecule has 0 spiro atoms. The van der Waals surface area contributed by atoms with E-state index < -0.39 is 10.8 Å². The molecule has 1 aliphatic rings. The smallest absolute Gasteiger partial charge is 0.270 e. The van der Waals surface area contributed by atoms with Crippen LogP contribution in [0.5, 0.6) is 0 Å². The van der Waals surface area contributed by atoms with Crippen molar-refractivity contribution in [3.05, 3.63) is 75.2 Å². The molecule has 0 saturated carbocycles. The fourth-order valence-corrected chi connectivity index (χ4v) is 4.12. The normalized spacial score (nSPS) is 15.0. The van der Waals surface area contributed by atoms with Gasteiger partial charge < -0.3 is 9.88 Å². The van der Waals surface area contributed by atoms with Gasteiger partial charge in [0.25, 0.3) is 5.69 Å². The average Bonchev–Trinajstić information content (AvgIpc) is 3.37. The Kier molecular flexibility index (Phi) is 5.05. The number of rotatable bonds is 5. The van der Waals surface area contributed by atoms with E-state index in [4.69, 9.17) is 0 Å². The topological polar surface area (TPSA) is 79.2 Å². The summed E-state index contributed by atoms with van der Waals surface area (Å²) in [6.45, 7) is 3.32. The SMILES string of the molecule is Cc1ccc(F)c([C@H](CC(=O)N2CCCC2)c2c[nH]c3ccc([N+](=O)[O-])cc23)c1. The molecule has 0 aliphatic carbocycles. The molecule has 1 aromatic heterocycles. The third-order valence-corrected chi connectivity index (χ3v) is 5.65. The van der Waals surface area contributed by atoms with Crippen molar-refractivity contribution in [3.63, 3.8) is 0 Å². The number of aryl methyl sites for hydroxylation is 1. The van der Waals surface area contributed by atoms with Gasteiger partial charge in [0.15, 0.2) is 0 Å². The quantitative estimate of drug-likeness (QED) is 0.504. The number of halogens is 1. The number of amides is 1.